The van der Waals surface area contributed by atoms with E-state index in [2.05, 4.69) is 16.4 Å². The van der Waals surface area contributed by atoms with Gasteiger partial charge in [-0.05, 0) is 25.0 Å². The predicted molar refractivity (Wildman–Crippen MR) is 80.6 cm³/mol. The SMILES string of the molecule is CC(=O)N1CCC[C@@H](Nc2ccnc3ccccc23)C1. The number of aromatic nitrogens is 1. The van der Waals surface area contributed by atoms with Crippen LogP contribution in [0.15, 0.2) is 36.5 Å². The molecule has 1 atom stereocenters. The van der Waals surface area contributed by atoms with Crippen molar-refractivity contribution in [2.45, 2.75) is 25.8 Å². The lowest BCUT2D eigenvalue weighted by Gasteiger charge is -2.33. The van der Waals surface area contributed by atoms with Crippen molar-refractivity contribution in [1.29, 1.82) is 0 Å². The molecule has 20 heavy (non-hydrogen) atoms. The molecule has 0 unspecified atom stereocenters. The number of fused-ring (bicyclic) bond motifs is 1. The van der Waals surface area contributed by atoms with Gasteiger partial charge in [0, 0.05) is 43.3 Å². The number of anilines is 1. The Morgan fingerprint density at radius 1 is 1.35 bits per heavy atom. The van der Waals surface area contributed by atoms with Crippen molar-refractivity contribution in [2.24, 2.45) is 0 Å². The molecule has 0 saturated carbocycles. The Balaban J connectivity index is 1.81. The Bertz CT molecular complexity index is 621. The zero-order valence-electron chi connectivity index (χ0n) is 11.7. The fourth-order valence-corrected chi connectivity index (χ4v) is 2.82. The maximum atomic E-state index is 11.5. The summed E-state index contributed by atoms with van der Waals surface area (Å²) in [5.74, 6) is 0.163. The highest BCUT2D eigenvalue weighted by Crippen LogP contribution is 2.23. The Morgan fingerprint density at radius 3 is 3.05 bits per heavy atom. The first kappa shape index (κ1) is 12.9. The topological polar surface area (TPSA) is 45.2 Å². The average molecular weight is 269 g/mol. The summed E-state index contributed by atoms with van der Waals surface area (Å²) in [4.78, 5) is 17.8. The van der Waals surface area contributed by atoms with E-state index in [0.29, 0.717) is 6.04 Å². The summed E-state index contributed by atoms with van der Waals surface area (Å²) in [6.07, 6.45) is 3.98. The van der Waals surface area contributed by atoms with Gasteiger partial charge in [0.05, 0.1) is 5.52 Å². The molecule has 1 aliphatic rings. The van der Waals surface area contributed by atoms with Gasteiger partial charge in [0.15, 0.2) is 0 Å². The Labute approximate surface area is 118 Å². The number of amides is 1. The van der Waals surface area contributed by atoms with Gasteiger partial charge >= 0.3 is 0 Å². The van der Waals surface area contributed by atoms with Crippen LogP contribution in [0.4, 0.5) is 5.69 Å². The van der Waals surface area contributed by atoms with Crippen LogP contribution in [0.3, 0.4) is 0 Å². The Kier molecular flexibility index (Phi) is 3.54. The first-order chi connectivity index (χ1) is 9.74. The minimum atomic E-state index is 0.163. The number of nitrogens with zero attached hydrogens (tertiary/aromatic N) is 2. The molecule has 0 aliphatic carbocycles. The van der Waals surface area contributed by atoms with E-state index in [9.17, 15) is 4.79 Å². The zero-order chi connectivity index (χ0) is 13.9. The molecule has 104 valence electrons. The van der Waals surface area contributed by atoms with Crippen molar-refractivity contribution in [3.63, 3.8) is 0 Å². The van der Waals surface area contributed by atoms with Crippen LogP contribution in [0.25, 0.3) is 10.9 Å². The second-order valence-corrected chi connectivity index (χ2v) is 5.32. The molecular weight excluding hydrogens is 250 g/mol. The first-order valence-electron chi connectivity index (χ1n) is 7.10. The minimum Gasteiger partial charge on any atom is -0.380 e. The van der Waals surface area contributed by atoms with E-state index in [4.69, 9.17) is 0 Å². The number of pyridine rings is 1. The second-order valence-electron chi connectivity index (χ2n) is 5.32. The molecule has 1 N–H and O–H groups in total. The van der Waals surface area contributed by atoms with Gasteiger partial charge in [-0.1, -0.05) is 18.2 Å². The van der Waals surface area contributed by atoms with E-state index in [-0.39, 0.29) is 5.91 Å². The molecule has 1 aromatic carbocycles. The fraction of sp³-hybridized carbons (Fsp3) is 0.375. The second kappa shape index (κ2) is 5.49. The van der Waals surface area contributed by atoms with Crippen LogP contribution < -0.4 is 5.32 Å². The summed E-state index contributed by atoms with van der Waals surface area (Å²) < 4.78 is 0. The van der Waals surface area contributed by atoms with Gasteiger partial charge in [-0.3, -0.25) is 9.78 Å². The molecule has 0 bridgehead atoms. The van der Waals surface area contributed by atoms with E-state index in [1.54, 1.807) is 6.92 Å². The molecule has 1 amide bonds. The van der Waals surface area contributed by atoms with E-state index >= 15 is 0 Å². The summed E-state index contributed by atoms with van der Waals surface area (Å²) in [6.45, 7) is 3.31. The number of hydrogen-bond acceptors (Lipinski definition) is 3. The molecule has 2 heterocycles. The molecule has 1 aromatic heterocycles. The number of carbonyl (C=O) groups excluding carboxylic acids is 1. The summed E-state index contributed by atoms with van der Waals surface area (Å²) in [7, 11) is 0. The van der Waals surface area contributed by atoms with Gasteiger partial charge in [0.2, 0.25) is 5.91 Å². The highest BCUT2D eigenvalue weighted by Gasteiger charge is 2.21. The minimum absolute atomic E-state index is 0.163. The molecule has 0 spiro atoms. The number of likely N-dealkylation sites (tertiary alicyclic amines) is 1. The van der Waals surface area contributed by atoms with Crippen LogP contribution in [0.2, 0.25) is 0 Å². The van der Waals surface area contributed by atoms with Crippen molar-refractivity contribution in [1.82, 2.24) is 9.88 Å². The Hall–Kier alpha value is -2.10. The monoisotopic (exact) mass is 269 g/mol. The highest BCUT2D eigenvalue weighted by molar-refractivity contribution is 5.91. The fourth-order valence-electron chi connectivity index (χ4n) is 2.82. The van der Waals surface area contributed by atoms with Crippen molar-refractivity contribution < 1.29 is 4.79 Å². The average Bonchev–Trinajstić information content (AvgIpc) is 2.48. The first-order valence-corrected chi connectivity index (χ1v) is 7.10. The van der Waals surface area contributed by atoms with E-state index in [1.165, 1.54) is 0 Å². The van der Waals surface area contributed by atoms with Crippen LogP contribution in [0.5, 0.6) is 0 Å². The molecule has 1 aliphatic heterocycles. The molecule has 4 nitrogen and oxygen atoms in total. The molecule has 1 saturated heterocycles. The predicted octanol–water partition coefficient (Wildman–Crippen LogP) is 2.66. The van der Waals surface area contributed by atoms with Crippen molar-refractivity contribution in [3.8, 4) is 0 Å². The lowest BCUT2D eigenvalue weighted by atomic mass is 10.0. The summed E-state index contributed by atoms with van der Waals surface area (Å²) >= 11 is 0. The summed E-state index contributed by atoms with van der Waals surface area (Å²) in [6, 6.07) is 10.4. The summed E-state index contributed by atoms with van der Waals surface area (Å²) in [5.41, 5.74) is 2.10. The quantitative estimate of drug-likeness (QED) is 0.911. The number of rotatable bonds is 2. The van der Waals surface area contributed by atoms with E-state index < -0.39 is 0 Å². The molecule has 0 radical (unpaired) electrons. The number of benzene rings is 1. The third-order valence-corrected chi connectivity index (χ3v) is 3.88. The maximum absolute atomic E-state index is 11.5. The molecule has 4 heteroatoms. The number of piperidine rings is 1. The summed E-state index contributed by atoms with van der Waals surface area (Å²) in [5, 5.41) is 4.71. The zero-order valence-corrected chi connectivity index (χ0v) is 11.7. The smallest absolute Gasteiger partial charge is 0.219 e. The van der Waals surface area contributed by atoms with Gasteiger partial charge in [-0.15, -0.1) is 0 Å². The van der Waals surface area contributed by atoms with Crippen LogP contribution in [0, 0.1) is 0 Å². The van der Waals surface area contributed by atoms with Gasteiger partial charge < -0.3 is 10.2 Å². The van der Waals surface area contributed by atoms with Crippen molar-refractivity contribution in [2.75, 3.05) is 18.4 Å². The number of para-hydroxylation sites is 1. The largest absolute Gasteiger partial charge is 0.380 e. The third-order valence-electron chi connectivity index (χ3n) is 3.88. The van der Waals surface area contributed by atoms with Crippen LogP contribution in [0.1, 0.15) is 19.8 Å². The standard InChI is InChI=1S/C16H19N3O/c1-12(20)19-10-4-5-13(11-19)18-16-8-9-17-15-7-3-2-6-14(15)16/h2-3,6-9,13H,4-5,10-11H2,1H3,(H,17,18)/t13-/m1/s1. The van der Waals surface area contributed by atoms with Crippen molar-refractivity contribution in [3.05, 3.63) is 36.5 Å². The molecule has 2 aromatic rings. The maximum Gasteiger partial charge on any atom is 0.219 e. The number of hydrogen-bond donors (Lipinski definition) is 1. The highest BCUT2D eigenvalue weighted by atomic mass is 16.2. The van der Waals surface area contributed by atoms with Gasteiger partial charge in [-0.2, -0.15) is 0 Å². The normalized spacial score (nSPS) is 19.1. The van der Waals surface area contributed by atoms with Crippen molar-refractivity contribution >= 4 is 22.5 Å². The van der Waals surface area contributed by atoms with E-state index in [0.717, 1.165) is 42.5 Å². The number of nitrogens with one attached hydrogen (secondary N) is 1. The van der Waals surface area contributed by atoms with Crippen LogP contribution >= 0.6 is 0 Å². The lowest BCUT2D eigenvalue weighted by molar-refractivity contribution is -0.129. The van der Waals surface area contributed by atoms with Gasteiger partial charge in [-0.25, -0.2) is 0 Å². The Morgan fingerprint density at radius 2 is 2.20 bits per heavy atom. The molecule has 3 rings (SSSR count). The third kappa shape index (κ3) is 2.59. The van der Waals surface area contributed by atoms with Gasteiger partial charge in [0.25, 0.3) is 0 Å². The van der Waals surface area contributed by atoms with Gasteiger partial charge in [0.1, 0.15) is 0 Å². The lowest BCUT2D eigenvalue weighted by Crippen LogP contribution is -2.44. The van der Waals surface area contributed by atoms with E-state index in [1.807, 2.05) is 35.4 Å². The molecule has 1 fully saturated rings. The number of carbonyl (C=O) groups is 1. The van der Waals surface area contributed by atoms with Crippen LogP contribution in [-0.2, 0) is 4.79 Å². The molecular formula is C16H19N3O. The van der Waals surface area contributed by atoms with Crippen LogP contribution in [-0.4, -0.2) is 34.9 Å².